The van der Waals surface area contributed by atoms with Gasteiger partial charge >= 0.3 is 0 Å². The molecule has 6 nitrogen and oxygen atoms in total. The van der Waals surface area contributed by atoms with E-state index in [4.69, 9.17) is 4.74 Å². The third-order valence-electron chi connectivity index (χ3n) is 6.14. The van der Waals surface area contributed by atoms with Crippen molar-refractivity contribution in [2.24, 2.45) is 0 Å². The summed E-state index contributed by atoms with van der Waals surface area (Å²) in [5.74, 6) is 0.237. The number of fused-ring (bicyclic) bond motifs is 1. The Morgan fingerprint density at radius 3 is 2.73 bits per heavy atom. The first kappa shape index (κ1) is 23.2. The molecule has 0 aliphatic carbocycles. The quantitative estimate of drug-likeness (QED) is 0.501. The van der Waals surface area contributed by atoms with Crippen molar-refractivity contribution in [1.82, 2.24) is 14.7 Å². The van der Waals surface area contributed by atoms with Gasteiger partial charge in [-0.25, -0.2) is 0 Å². The summed E-state index contributed by atoms with van der Waals surface area (Å²) in [6.07, 6.45) is 6.19. The van der Waals surface area contributed by atoms with E-state index in [0.717, 1.165) is 71.7 Å². The van der Waals surface area contributed by atoms with Crippen molar-refractivity contribution in [1.29, 1.82) is 0 Å². The van der Waals surface area contributed by atoms with Gasteiger partial charge in [-0.1, -0.05) is 26.2 Å². The molecule has 168 valence electrons. The van der Waals surface area contributed by atoms with Crippen molar-refractivity contribution >= 4 is 23.2 Å². The Kier molecular flexibility index (Phi) is 9.62. The lowest BCUT2D eigenvalue weighted by Gasteiger charge is -2.30. The first-order valence-corrected chi connectivity index (χ1v) is 12.5. The lowest BCUT2D eigenvalue weighted by atomic mass is 10.1. The largest absolute Gasteiger partial charge is 0.379 e. The van der Waals surface area contributed by atoms with E-state index >= 15 is 0 Å². The predicted octanol–water partition coefficient (Wildman–Crippen LogP) is 3.15. The van der Waals surface area contributed by atoms with Gasteiger partial charge in [-0.15, -0.1) is 11.3 Å². The van der Waals surface area contributed by atoms with Crippen LogP contribution in [0.25, 0.3) is 0 Å². The molecule has 1 aromatic rings. The lowest BCUT2D eigenvalue weighted by Crippen LogP contribution is -2.43. The molecule has 0 saturated carbocycles. The van der Waals surface area contributed by atoms with Crippen molar-refractivity contribution in [2.45, 2.75) is 58.4 Å². The Bertz CT molecular complexity index is 672. The van der Waals surface area contributed by atoms with Gasteiger partial charge in [0.15, 0.2) is 0 Å². The summed E-state index contributed by atoms with van der Waals surface area (Å²) in [6, 6.07) is 2.12. The minimum atomic E-state index is 0.110. The van der Waals surface area contributed by atoms with E-state index in [1.165, 1.54) is 23.3 Å². The molecule has 2 aliphatic rings. The molecule has 2 aliphatic heterocycles. The number of thiophene rings is 1. The minimum absolute atomic E-state index is 0.110. The first-order chi connectivity index (χ1) is 14.7. The summed E-state index contributed by atoms with van der Waals surface area (Å²) in [5.41, 5.74) is 1.27. The molecule has 0 radical (unpaired) electrons. The van der Waals surface area contributed by atoms with Gasteiger partial charge in [0.1, 0.15) is 0 Å². The van der Waals surface area contributed by atoms with E-state index in [0.29, 0.717) is 19.4 Å². The van der Waals surface area contributed by atoms with Crippen LogP contribution in [0.3, 0.4) is 0 Å². The fourth-order valence-electron chi connectivity index (χ4n) is 4.17. The van der Waals surface area contributed by atoms with Gasteiger partial charge in [-0.3, -0.25) is 14.5 Å². The number of ether oxygens (including phenoxy) is 1. The molecule has 3 heterocycles. The van der Waals surface area contributed by atoms with Crippen LogP contribution in [0.5, 0.6) is 0 Å². The fraction of sp³-hybridized carbons (Fsp3) is 0.739. The smallest absolute Gasteiger partial charge is 0.223 e. The van der Waals surface area contributed by atoms with Crippen molar-refractivity contribution in [2.75, 3.05) is 52.5 Å². The number of rotatable bonds is 11. The maximum atomic E-state index is 12.9. The molecule has 0 atom stereocenters. The van der Waals surface area contributed by atoms with Crippen LogP contribution in [0.2, 0.25) is 0 Å². The van der Waals surface area contributed by atoms with Crippen LogP contribution in [0.4, 0.5) is 0 Å². The Balaban J connectivity index is 1.45. The molecule has 0 unspecified atom stereocenters. The van der Waals surface area contributed by atoms with Gasteiger partial charge in [0.05, 0.1) is 13.2 Å². The van der Waals surface area contributed by atoms with Crippen LogP contribution in [0.1, 0.15) is 55.9 Å². The molecular formula is C23H37N3O3S. The summed E-state index contributed by atoms with van der Waals surface area (Å²) in [4.78, 5) is 33.3. The molecule has 0 aromatic carbocycles. The summed E-state index contributed by atoms with van der Waals surface area (Å²) in [7, 11) is 0. The maximum Gasteiger partial charge on any atom is 0.223 e. The summed E-state index contributed by atoms with van der Waals surface area (Å²) >= 11 is 1.78. The molecule has 1 saturated heterocycles. The monoisotopic (exact) mass is 435 g/mol. The second-order valence-corrected chi connectivity index (χ2v) is 9.33. The number of carbonyl (C=O) groups is 2. The van der Waals surface area contributed by atoms with Crippen LogP contribution in [-0.4, -0.2) is 79.0 Å². The normalized spacial score (nSPS) is 17.0. The number of unbranched alkanes of at least 4 members (excludes halogenated alkanes) is 3. The van der Waals surface area contributed by atoms with Gasteiger partial charge in [-0.2, -0.15) is 0 Å². The van der Waals surface area contributed by atoms with Crippen LogP contribution in [-0.2, 0) is 27.3 Å². The highest BCUT2D eigenvalue weighted by Gasteiger charge is 2.23. The van der Waals surface area contributed by atoms with Crippen molar-refractivity contribution in [3.8, 4) is 0 Å². The average Bonchev–Trinajstić information content (AvgIpc) is 3.25. The molecule has 0 N–H and O–H groups in total. The van der Waals surface area contributed by atoms with E-state index in [2.05, 4.69) is 23.3 Å². The molecule has 0 spiro atoms. The van der Waals surface area contributed by atoms with E-state index in [1.54, 1.807) is 11.3 Å². The third-order valence-corrected chi connectivity index (χ3v) is 7.16. The van der Waals surface area contributed by atoms with Crippen LogP contribution < -0.4 is 0 Å². The first-order valence-electron chi connectivity index (χ1n) is 11.6. The molecule has 3 rings (SSSR count). The molecule has 30 heavy (non-hydrogen) atoms. The van der Waals surface area contributed by atoms with Gasteiger partial charge in [0.25, 0.3) is 0 Å². The molecular weight excluding hydrogens is 398 g/mol. The van der Waals surface area contributed by atoms with E-state index in [9.17, 15) is 9.59 Å². The van der Waals surface area contributed by atoms with Crippen molar-refractivity contribution in [3.63, 3.8) is 0 Å². The number of carbonyl (C=O) groups excluding carboxylic acids is 2. The van der Waals surface area contributed by atoms with Crippen LogP contribution in [0.15, 0.2) is 11.4 Å². The lowest BCUT2D eigenvalue weighted by molar-refractivity contribution is -0.137. The Labute approximate surface area is 185 Å². The van der Waals surface area contributed by atoms with E-state index in [1.807, 2.05) is 9.80 Å². The number of hydrogen-bond acceptors (Lipinski definition) is 5. The number of nitrogens with zero attached hydrogens (tertiary/aromatic N) is 3. The van der Waals surface area contributed by atoms with Crippen molar-refractivity contribution < 1.29 is 14.3 Å². The zero-order chi connectivity index (χ0) is 21.2. The molecule has 2 amide bonds. The van der Waals surface area contributed by atoms with Crippen LogP contribution >= 0.6 is 11.3 Å². The second-order valence-electron chi connectivity index (χ2n) is 8.33. The second kappa shape index (κ2) is 12.4. The van der Waals surface area contributed by atoms with Crippen LogP contribution in [0, 0.1) is 0 Å². The van der Waals surface area contributed by atoms with E-state index < -0.39 is 0 Å². The zero-order valence-electron chi connectivity index (χ0n) is 18.4. The molecule has 7 heteroatoms. The summed E-state index contributed by atoms with van der Waals surface area (Å²) in [5, 5.41) is 2.10. The Morgan fingerprint density at radius 1 is 1.10 bits per heavy atom. The van der Waals surface area contributed by atoms with Gasteiger partial charge in [0.2, 0.25) is 11.8 Å². The minimum Gasteiger partial charge on any atom is -0.379 e. The number of hydrogen-bond donors (Lipinski definition) is 0. The maximum absolute atomic E-state index is 12.9. The van der Waals surface area contributed by atoms with Crippen molar-refractivity contribution in [3.05, 3.63) is 21.9 Å². The summed E-state index contributed by atoms with van der Waals surface area (Å²) < 4.78 is 5.42. The summed E-state index contributed by atoms with van der Waals surface area (Å²) in [6.45, 7) is 9.56. The predicted molar refractivity (Wildman–Crippen MR) is 121 cm³/mol. The average molecular weight is 436 g/mol. The fourth-order valence-corrected chi connectivity index (χ4v) is 5.06. The third kappa shape index (κ3) is 7.06. The van der Waals surface area contributed by atoms with E-state index in [-0.39, 0.29) is 11.8 Å². The molecule has 1 aromatic heterocycles. The SMILES string of the molecule is CCCCCCN(CCN1CCOCC1)C(=O)CCC(=O)N1CCc2sccc2C1. The molecule has 1 fully saturated rings. The standard InChI is InChI=1S/C23H37N3O3S/c1-2-3-4-5-10-25(13-12-24-14-16-29-17-15-24)22(27)6-7-23(28)26-11-8-21-20(19-26)9-18-30-21/h9,18H,2-8,10-17,19H2,1H3. The number of morpholine rings is 1. The van der Waals surface area contributed by atoms with Gasteiger partial charge in [0, 0.05) is 63.5 Å². The van der Waals surface area contributed by atoms with Gasteiger partial charge in [-0.05, 0) is 29.9 Å². The highest BCUT2D eigenvalue weighted by Crippen LogP contribution is 2.24. The Hall–Kier alpha value is -1.44. The zero-order valence-corrected chi connectivity index (χ0v) is 19.3. The highest BCUT2D eigenvalue weighted by atomic mass is 32.1. The van der Waals surface area contributed by atoms with Gasteiger partial charge < -0.3 is 14.5 Å². The molecule has 0 bridgehead atoms. The number of amides is 2. The topological polar surface area (TPSA) is 53.1 Å². The highest BCUT2D eigenvalue weighted by molar-refractivity contribution is 7.10. The Morgan fingerprint density at radius 2 is 1.93 bits per heavy atom.